The van der Waals surface area contributed by atoms with E-state index in [0.29, 0.717) is 24.3 Å². The van der Waals surface area contributed by atoms with E-state index in [9.17, 15) is 13.2 Å². The second-order valence-corrected chi connectivity index (χ2v) is 6.79. The first kappa shape index (κ1) is 13.8. The zero-order valence-corrected chi connectivity index (χ0v) is 11.4. The Morgan fingerprint density at radius 1 is 1.37 bits per heavy atom. The molecule has 1 saturated heterocycles. The van der Waals surface area contributed by atoms with Crippen molar-refractivity contribution in [3.63, 3.8) is 0 Å². The lowest BCUT2D eigenvalue weighted by molar-refractivity contribution is 0.0934. The molecule has 0 spiro atoms. The molecular formula is C12H16N2O4S. The third kappa shape index (κ3) is 3.66. The third-order valence-corrected chi connectivity index (χ3v) is 4.81. The molecule has 2 rings (SSSR count). The van der Waals surface area contributed by atoms with Gasteiger partial charge in [-0.25, -0.2) is 13.4 Å². The molecule has 1 aliphatic rings. The number of methoxy groups -OCH3 is 1. The Kier molecular flexibility index (Phi) is 4.04. The number of aromatic nitrogens is 1. The van der Waals surface area contributed by atoms with Crippen molar-refractivity contribution < 1.29 is 17.9 Å². The summed E-state index contributed by atoms with van der Waals surface area (Å²) in [5.74, 6) is 0.484. The lowest BCUT2D eigenvalue weighted by atomic mass is 10.1. The highest BCUT2D eigenvalue weighted by Gasteiger charge is 2.24. The summed E-state index contributed by atoms with van der Waals surface area (Å²) in [4.78, 5) is 15.9. The summed E-state index contributed by atoms with van der Waals surface area (Å²) in [5.41, 5.74) is 0.439. The largest absolute Gasteiger partial charge is 0.481 e. The molecule has 1 aromatic rings. The summed E-state index contributed by atoms with van der Waals surface area (Å²) < 4.78 is 27.5. The van der Waals surface area contributed by atoms with Crippen LogP contribution in [-0.4, -0.2) is 44.0 Å². The number of sulfone groups is 1. The third-order valence-electron chi connectivity index (χ3n) is 3.10. The molecule has 0 atom stereocenters. The van der Waals surface area contributed by atoms with E-state index in [-0.39, 0.29) is 23.5 Å². The van der Waals surface area contributed by atoms with E-state index < -0.39 is 9.84 Å². The Morgan fingerprint density at radius 3 is 2.58 bits per heavy atom. The molecule has 1 amide bonds. The quantitative estimate of drug-likeness (QED) is 0.868. The number of nitrogens with zero attached hydrogens (tertiary/aromatic N) is 1. The lowest BCUT2D eigenvalue weighted by Gasteiger charge is -2.22. The van der Waals surface area contributed by atoms with Crippen LogP contribution in [0.15, 0.2) is 18.3 Å². The smallest absolute Gasteiger partial charge is 0.253 e. The Bertz CT molecular complexity index is 540. The van der Waals surface area contributed by atoms with Gasteiger partial charge in [-0.15, -0.1) is 0 Å². The van der Waals surface area contributed by atoms with Crippen molar-refractivity contribution in [3.8, 4) is 5.88 Å². The molecule has 0 aliphatic carbocycles. The Labute approximate surface area is 112 Å². The number of pyridine rings is 1. The summed E-state index contributed by atoms with van der Waals surface area (Å²) in [6, 6.07) is 3.15. The van der Waals surface area contributed by atoms with Crippen molar-refractivity contribution >= 4 is 15.7 Å². The van der Waals surface area contributed by atoms with Gasteiger partial charge in [0.15, 0.2) is 0 Å². The van der Waals surface area contributed by atoms with Crippen LogP contribution >= 0.6 is 0 Å². The average Bonchev–Trinajstić information content (AvgIpc) is 2.41. The predicted octanol–water partition coefficient (Wildman–Crippen LogP) is 0.397. The summed E-state index contributed by atoms with van der Waals surface area (Å²) >= 11 is 0. The minimum absolute atomic E-state index is 0.0851. The zero-order chi connectivity index (χ0) is 13.9. The van der Waals surface area contributed by atoms with Crippen molar-refractivity contribution in [1.82, 2.24) is 10.3 Å². The van der Waals surface area contributed by atoms with Crippen molar-refractivity contribution in [2.24, 2.45) is 0 Å². The summed E-state index contributed by atoms with van der Waals surface area (Å²) in [7, 11) is -1.40. The maximum atomic E-state index is 11.9. The van der Waals surface area contributed by atoms with Crippen LogP contribution in [0, 0.1) is 0 Å². The monoisotopic (exact) mass is 284 g/mol. The molecule has 104 valence electrons. The fourth-order valence-electron chi connectivity index (χ4n) is 1.94. The number of hydrogen-bond donors (Lipinski definition) is 1. The van der Waals surface area contributed by atoms with Crippen LogP contribution in [0.1, 0.15) is 23.2 Å². The van der Waals surface area contributed by atoms with Crippen molar-refractivity contribution in [3.05, 3.63) is 23.9 Å². The number of hydrogen-bond acceptors (Lipinski definition) is 5. The van der Waals surface area contributed by atoms with E-state index in [2.05, 4.69) is 10.3 Å². The van der Waals surface area contributed by atoms with Crippen LogP contribution in [0.5, 0.6) is 5.88 Å². The van der Waals surface area contributed by atoms with Crippen LogP contribution in [0.3, 0.4) is 0 Å². The molecule has 0 bridgehead atoms. The second kappa shape index (κ2) is 5.56. The van der Waals surface area contributed by atoms with Gasteiger partial charge in [-0.1, -0.05) is 0 Å². The topological polar surface area (TPSA) is 85.4 Å². The van der Waals surface area contributed by atoms with Gasteiger partial charge in [0.2, 0.25) is 5.88 Å². The lowest BCUT2D eigenvalue weighted by Crippen LogP contribution is -2.40. The molecular weight excluding hydrogens is 268 g/mol. The maximum absolute atomic E-state index is 11.9. The van der Waals surface area contributed by atoms with Gasteiger partial charge in [0.05, 0.1) is 24.2 Å². The number of carbonyl (C=O) groups is 1. The first-order valence-electron chi connectivity index (χ1n) is 6.01. The standard InChI is InChI=1S/C12H16N2O4S/c1-18-11-3-2-9(8-13-11)12(15)14-10-4-6-19(16,17)7-5-10/h2-3,8,10H,4-7H2,1H3,(H,14,15). The van der Waals surface area contributed by atoms with Gasteiger partial charge in [0.25, 0.3) is 5.91 Å². The fraction of sp³-hybridized carbons (Fsp3) is 0.500. The number of nitrogens with one attached hydrogen (secondary N) is 1. The average molecular weight is 284 g/mol. The number of amides is 1. The second-order valence-electron chi connectivity index (χ2n) is 4.49. The minimum Gasteiger partial charge on any atom is -0.481 e. The van der Waals surface area contributed by atoms with E-state index in [1.807, 2.05) is 0 Å². The first-order valence-corrected chi connectivity index (χ1v) is 7.83. The summed E-state index contributed by atoms with van der Waals surface area (Å²) in [6.07, 6.45) is 2.38. The Balaban J connectivity index is 1.94. The fourth-order valence-corrected chi connectivity index (χ4v) is 3.43. The summed E-state index contributed by atoms with van der Waals surface area (Å²) in [5, 5.41) is 2.83. The molecule has 0 unspecified atom stereocenters. The van der Waals surface area contributed by atoms with E-state index in [0.717, 1.165) is 0 Å². The molecule has 19 heavy (non-hydrogen) atoms. The first-order chi connectivity index (χ1) is 9.00. The van der Waals surface area contributed by atoms with E-state index in [1.165, 1.54) is 13.3 Å². The molecule has 0 aromatic carbocycles. The van der Waals surface area contributed by atoms with Crippen LogP contribution in [-0.2, 0) is 9.84 Å². The van der Waals surface area contributed by atoms with E-state index in [1.54, 1.807) is 12.1 Å². The molecule has 0 saturated carbocycles. The highest BCUT2D eigenvalue weighted by atomic mass is 32.2. The highest BCUT2D eigenvalue weighted by Crippen LogP contribution is 2.13. The van der Waals surface area contributed by atoms with Gasteiger partial charge in [-0.2, -0.15) is 0 Å². The van der Waals surface area contributed by atoms with Crippen LogP contribution in [0.2, 0.25) is 0 Å². The Hall–Kier alpha value is -1.63. The van der Waals surface area contributed by atoms with Crippen LogP contribution < -0.4 is 10.1 Å². The van der Waals surface area contributed by atoms with E-state index >= 15 is 0 Å². The number of rotatable bonds is 3. The number of ether oxygens (including phenoxy) is 1. The molecule has 1 aliphatic heterocycles. The van der Waals surface area contributed by atoms with Gasteiger partial charge in [-0.05, 0) is 18.9 Å². The van der Waals surface area contributed by atoms with Crippen LogP contribution in [0.4, 0.5) is 0 Å². The maximum Gasteiger partial charge on any atom is 0.253 e. The molecule has 1 N–H and O–H groups in total. The Morgan fingerprint density at radius 2 is 2.05 bits per heavy atom. The molecule has 6 nitrogen and oxygen atoms in total. The van der Waals surface area contributed by atoms with Gasteiger partial charge in [-0.3, -0.25) is 4.79 Å². The molecule has 0 radical (unpaired) electrons. The SMILES string of the molecule is COc1ccc(C(=O)NC2CCS(=O)(=O)CC2)cn1. The summed E-state index contributed by atoms with van der Waals surface area (Å²) in [6.45, 7) is 0. The predicted molar refractivity (Wildman–Crippen MR) is 69.9 cm³/mol. The van der Waals surface area contributed by atoms with E-state index in [4.69, 9.17) is 4.74 Å². The van der Waals surface area contributed by atoms with Gasteiger partial charge in [0, 0.05) is 18.3 Å². The number of carbonyl (C=O) groups excluding carboxylic acids is 1. The zero-order valence-electron chi connectivity index (χ0n) is 10.6. The minimum atomic E-state index is -2.91. The van der Waals surface area contributed by atoms with Crippen molar-refractivity contribution in [1.29, 1.82) is 0 Å². The van der Waals surface area contributed by atoms with Gasteiger partial charge in [0.1, 0.15) is 9.84 Å². The molecule has 1 fully saturated rings. The van der Waals surface area contributed by atoms with Crippen molar-refractivity contribution in [2.75, 3.05) is 18.6 Å². The molecule has 7 heteroatoms. The molecule has 2 heterocycles. The van der Waals surface area contributed by atoms with Crippen molar-refractivity contribution in [2.45, 2.75) is 18.9 Å². The molecule has 1 aromatic heterocycles. The van der Waals surface area contributed by atoms with Crippen LogP contribution in [0.25, 0.3) is 0 Å². The normalized spacial score (nSPS) is 18.8. The highest BCUT2D eigenvalue weighted by molar-refractivity contribution is 7.91. The van der Waals surface area contributed by atoms with Gasteiger partial charge < -0.3 is 10.1 Å². The van der Waals surface area contributed by atoms with Gasteiger partial charge >= 0.3 is 0 Å².